The van der Waals surface area contributed by atoms with Crippen LogP contribution in [0, 0.1) is 35.5 Å². The van der Waals surface area contributed by atoms with Crippen LogP contribution in [0.5, 0.6) is 0 Å². The molecule has 2 saturated heterocycles. The number of nitrogens with two attached hydrogens (primary N) is 1. The summed E-state index contributed by atoms with van der Waals surface area (Å²) in [5.41, 5.74) is 2.42. The Morgan fingerprint density at radius 3 is 2.27 bits per heavy atom. The molecular formula is C59H85N5O14S. The molecule has 19 nitrogen and oxygen atoms in total. The second-order valence-electron chi connectivity index (χ2n) is 22.7. The number of Topliss-reactive ketones (excluding diaryl/α,β-unsaturated/α-hetero) is 3. The van der Waals surface area contributed by atoms with Gasteiger partial charge in [-0.2, -0.15) is 0 Å². The molecule has 0 spiro atoms. The number of cyclic esters (lactones) is 1. The summed E-state index contributed by atoms with van der Waals surface area (Å²) in [5, 5.41) is 37.7. The molecule has 4 aliphatic rings. The van der Waals surface area contributed by atoms with Crippen molar-refractivity contribution in [3.8, 4) is 11.3 Å². The number of primary sulfonamides is 1. The van der Waals surface area contributed by atoms with Gasteiger partial charge in [-0.3, -0.25) is 19.2 Å². The molecule has 3 aliphatic heterocycles. The van der Waals surface area contributed by atoms with Gasteiger partial charge in [0.05, 0.1) is 35.4 Å². The van der Waals surface area contributed by atoms with Crippen molar-refractivity contribution in [2.24, 2.45) is 40.6 Å². The van der Waals surface area contributed by atoms with Gasteiger partial charge in [0.15, 0.2) is 5.78 Å². The number of fused-ring (bicyclic) bond motifs is 3. The van der Waals surface area contributed by atoms with Crippen molar-refractivity contribution < 1.29 is 66.3 Å². The van der Waals surface area contributed by atoms with Crippen LogP contribution >= 0.6 is 0 Å². The predicted molar refractivity (Wildman–Crippen MR) is 295 cm³/mol. The zero-order valence-electron chi connectivity index (χ0n) is 47.7. The Morgan fingerprint density at radius 2 is 1.59 bits per heavy atom. The van der Waals surface area contributed by atoms with Crippen LogP contribution in [-0.2, 0) is 57.7 Å². The minimum absolute atomic E-state index is 0.00462. The number of sulfonamides is 1. The first kappa shape index (κ1) is 63.1. The number of carbonyl (C=O) groups excluding carboxylic acids is 5. The zero-order valence-corrected chi connectivity index (χ0v) is 48.5. The number of ketones is 3. The first-order chi connectivity index (χ1) is 37.4. The predicted octanol–water partition coefficient (Wildman–Crippen LogP) is 6.97. The number of hydrogen-bond donors (Lipinski definition) is 3. The number of aliphatic hydroxyl groups excluding tert-OH is 1. The summed E-state index contributed by atoms with van der Waals surface area (Å²) < 4.78 is 55.5. The SMILES string of the molecule is CO[C@H]1C[C@@H]2CC[C@@H](C)[C@@](O)(O2)C(=O)C(=O)N2CCCC[C@H]2C(=O)O[C@H]([C@H](C)C[C@@H]2CC[C@H](n3cc(-c4ccc(S(N)(=O)=O)cc4)nn3)[C@H](OC)C2)CC(=O)[C@H](C)/C=C(\C)[C@@H](O)[C@@H](OC)C(=O)[C@H](C)C[C@H](C)/C=C/C=CC=C1C. The Labute approximate surface area is 466 Å². The van der Waals surface area contributed by atoms with Crippen LogP contribution in [0.15, 0.2) is 83.0 Å². The Hall–Kier alpha value is -5.06. The monoisotopic (exact) mass is 1120 g/mol. The molecule has 6 rings (SSSR count). The Bertz CT molecular complexity index is 2690. The minimum atomic E-state index is -3.87. The van der Waals surface area contributed by atoms with Crippen molar-refractivity contribution in [3.05, 3.63) is 78.1 Å². The number of benzene rings is 1. The number of hydrogen-bond acceptors (Lipinski definition) is 16. The molecule has 436 valence electrons. The van der Waals surface area contributed by atoms with Gasteiger partial charge in [0, 0.05) is 64.0 Å². The van der Waals surface area contributed by atoms with Crippen molar-refractivity contribution in [1.82, 2.24) is 19.9 Å². The third kappa shape index (κ3) is 15.9. The van der Waals surface area contributed by atoms with E-state index in [1.165, 1.54) is 24.1 Å². The van der Waals surface area contributed by atoms with E-state index in [2.05, 4.69) is 10.3 Å². The molecule has 79 heavy (non-hydrogen) atoms. The molecule has 3 fully saturated rings. The summed E-state index contributed by atoms with van der Waals surface area (Å²) in [7, 11) is 0.697. The topological polar surface area (TPSA) is 266 Å². The van der Waals surface area contributed by atoms with Crippen molar-refractivity contribution in [2.75, 3.05) is 27.9 Å². The molecule has 20 heteroatoms. The molecule has 4 heterocycles. The molecule has 1 amide bonds. The second-order valence-corrected chi connectivity index (χ2v) is 24.3. The number of aliphatic hydroxyl groups is 2. The number of rotatable bonds is 9. The largest absolute Gasteiger partial charge is 0.460 e. The summed E-state index contributed by atoms with van der Waals surface area (Å²) in [4.78, 5) is 72.9. The van der Waals surface area contributed by atoms with Crippen LogP contribution in [0.1, 0.15) is 132 Å². The smallest absolute Gasteiger partial charge is 0.329 e. The van der Waals surface area contributed by atoms with Gasteiger partial charge in [-0.15, -0.1) is 5.10 Å². The highest BCUT2D eigenvalue weighted by molar-refractivity contribution is 7.89. The van der Waals surface area contributed by atoms with E-state index < -0.39 is 93.7 Å². The molecule has 4 N–H and O–H groups in total. The standard InChI is InChI=1S/C59H85N5O14S/c1-35-16-12-11-13-17-36(2)50(74-8)32-44-23-19-41(7)59(71,78-44)56(68)57(69)63-27-15-14-18-48(63)58(70)77-51(33-49(65)37(3)29-40(6)54(67)55(76-10)53(66)39(5)28-35)38(4)30-42-20-26-47(52(31-42)75-9)64-34-46(61-62-64)43-21-24-45(25-22-43)79(60,72)73/h11-13,16-17,21-22,24-25,29,34-35,37-39,41-42,44,47-48,50-52,54-55,67,71H,14-15,18-20,23,26-28,30-33H2,1-10H3,(H2,60,72,73)/b13-11?,16-12+,36-17?,40-29+/t35-,37-,38-,39-,41-,42+,44+,47+,48+,50+,51+,52-,54-,55+,59-/m1/s1. The average Bonchev–Trinajstić information content (AvgIpc) is 4.00. The Morgan fingerprint density at radius 1 is 0.873 bits per heavy atom. The number of aromatic nitrogens is 3. The van der Waals surface area contributed by atoms with E-state index in [4.69, 9.17) is 28.8 Å². The number of amides is 1. The minimum Gasteiger partial charge on any atom is -0.460 e. The van der Waals surface area contributed by atoms with Crippen LogP contribution in [-0.4, -0.2) is 144 Å². The van der Waals surface area contributed by atoms with Gasteiger partial charge >= 0.3 is 5.97 Å². The number of ether oxygens (including phenoxy) is 5. The van der Waals surface area contributed by atoms with Crippen LogP contribution in [0.3, 0.4) is 0 Å². The van der Waals surface area contributed by atoms with Crippen molar-refractivity contribution in [2.45, 2.75) is 185 Å². The van der Waals surface area contributed by atoms with Crippen molar-refractivity contribution in [3.63, 3.8) is 0 Å². The highest BCUT2D eigenvalue weighted by Gasteiger charge is 2.53. The molecule has 2 bridgehead atoms. The first-order valence-electron chi connectivity index (χ1n) is 27.9. The van der Waals surface area contributed by atoms with E-state index in [1.807, 2.05) is 51.2 Å². The summed E-state index contributed by atoms with van der Waals surface area (Å²) >= 11 is 0. The number of carbonyl (C=O) groups is 5. The van der Waals surface area contributed by atoms with Gasteiger partial charge in [-0.1, -0.05) is 88.4 Å². The number of nitrogens with zero attached hydrogens (tertiary/aromatic N) is 4. The fourth-order valence-electron chi connectivity index (χ4n) is 11.8. The molecule has 15 atom stereocenters. The van der Waals surface area contributed by atoms with E-state index in [-0.39, 0.29) is 59.8 Å². The molecule has 0 radical (unpaired) electrons. The third-order valence-corrected chi connectivity index (χ3v) is 17.7. The quantitative estimate of drug-likeness (QED) is 0.130. The van der Waals surface area contributed by atoms with E-state index in [9.17, 15) is 42.6 Å². The van der Waals surface area contributed by atoms with Gasteiger partial charge in [0.2, 0.25) is 15.8 Å². The number of esters is 1. The zero-order chi connectivity index (χ0) is 57.9. The highest BCUT2D eigenvalue weighted by atomic mass is 32.2. The summed E-state index contributed by atoms with van der Waals surface area (Å²) in [6.45, 7) is 12.7. The van der Waals surface area contributed by atoms with E-state index in [0.717, 1.165) is 12.0 Å². The summed E-state index contributed by atoms with van der Waals surface area (Å²) in [5.74, 6) is -8.37. The molecule has 1 saturated carbocycles. The van der Waals surface area contributed by atoms with Gasteiger partial charge in [-0.05, 0) is 119 Å². The summed E-state index contributed by atoms with van der Waals surface area (Å²) in [6, 6.07) is 4.69. The molecule has 1 aromatic carbocycles. The average molecular weight is 1120 g/mol. The Kier molecular flexibility index (Phi) is 22.4. The lowest BCUT2D eigenvalue weighted by Crippen LogP contribution is -2.61. The lowest BCUT2D eigenvalue weighted by atomic mass is 9.77. The van der Waals surface area contributed by atoms with Crippen molar-refractivity contribution in [1.29, 1.82) is 0 Å². The Balaban J connectivity index is 1.27. The molecule has 2 aromatic rings. The number of methoxy groups -OCH3 is 3. The van der Waals surface area contributed by atoms with Crippen LogP contribution in [0.4, 0.5) is 0 Å². The second kappa shape index (κ2) is 28.1. The lowest BCUT2D eigenvalue weighted by Gasteiger charge is -2.42. The van der Waals surface area contributed by atoms with Gasteiger partial charge in [-0.25, -0.2) is 23.0 Å². The van der Waals surface area contributed by atoms with Crippen LogP contribution in [0.2, 0.25) is 0 Å². The van der Waals surface area contributed by atoms with Crippen LogP contribution in [0.25, 0.3) is 11.3 Å². The molecule has 1 aliphatic carbocycles. The fourth-order valence-corrected chi connectivity index (χ4v) is 12.3. The van der Waals surface area contributed by atoms with E-state index in [0.29, 0.717) is 74.6 Å². The maximum absolute atomic E-state index is 14.7. The van der Waals surface area contributed by atoms with E-state index >= 15 is 0 Å². The highest BCUT2D eigenvalue weighted by Crippen LogP contribution is 2.40. The van der Waals surface area contributed by atoms with Crippen LogP contribution < -0.4 is 5.14 Å². The van der Waals surface area contributed by atoms with Gasteiger partial charge in [0.1, 0.15) is 35.8 Å². The van der Waals surface area contributed by atoms with Crippen molar-refractivity contribution >= 4 is 39.2 Å². The third-order valence-electron chi connectivity index (χ3n) is 16.8. The number of allylic oxidation sites excluding steroid dienone is 6. The van der Waals surface area contributed by atoms with Gasteiger partial charge in [0.25, 0.3) is 11.7 Å². The van der Waals surface area contributed by atoms with E-state index in [1.54, 1.807) is 71.0 Å². The fraction of sp³-hybridized carbons (Fsp3) is 0.644. The lowest BCUT2D eigenvalue weighted by molar-refractivity contribution is -0.265. The maximum atomic E-state index is 14.7. The first-order valence-corrected chi connectivity index (χ1v) is 29.5. The molecule has 1 aromatic heterocycles. The maximum Gasteiger partial charge on any atom is 0.329 e. The number of piperidine rings is 1. The van der Waals surface area contributed by atoms with Gasteiger partial charge < -0.3 is 38.8 Å². The molecular weight excluding hydrogens is 1030 g/mol. The normalized spacial score (nSPS) is 34.5. The summed E-state index contributed by atoms with van der Waals surface area (Å²) in [6.07, 6.45) is 13.2. The molecule has 0 unspecified atom stereocenters.